The lowest BCUT2D eigenvalue weighted by Gasteiger charge is -2.14. The number of benzene rings is 1. The third-order valence-electron chi connectivity index (χ3n) is 3.36. The van der Waals surface area contributed by atoms with Crippen LogP contribution in [0.1, 0.15) is 51.2 Å². The maximum absolute atomic E-state index is 5.73. The summed E-state index contributed by atoms with van der Waals surface area (Å²) in [5, 5.41) is 3.38. The molecule has 0 amide bonds. The van der Waals surface area contributed by atoms with Crippen LogP contribution in [0.25, 0.3) is 0 Å². The quantitative estimate of drug-likeness (QED) is 0.758. The van der Waals surface area contributed by atoms with Crippen molar-refractivity contribution >= 4 is 0 Å². The minimum Gasteiger partial charge on any atom is -0.374 e. The molecule has 1 N–H and O–H groups in total. The predicted molar refractivity (Wildman–Crippen MR) is 77.9 cm³/mol. The molecule has 2 nitrogen and oxygen atoms in total. The molecule has 0 heterocycles. The van der Waals surface area contributed by atoms with Gasteiger partial charge < -0.3 is 10.1 Å². The highest BCUT2D eigenvalue weighted by Crippen LogP contribution is 2.16. The Bertz CT molecular complexity index is 320. The molecule has 0 spiro atoms. The maximum atomic E-state index is 5.73. The van der Waals surface area contributed by atoms with E-state index in [1.807, 2.05) is 0 Å². The SMILES string of the molecule is CCNCC(C)c1ccc(COC(C)CC)cc1. The van der Waals surface area contributed by atoms with Crippen molar-refractivity contribution in [2.45, 2.75) is 52.7 Å². The van der Waals surface area contributed by atoms with Gasteiger partial charge in [-0.3, -0.25) is 0 Å². The average molecular weight is 249 g/mol. The fraction of sp³-hybridized carbons (Fsp3) is 0.625. The summed E-state index contributed by atoms with van der Waals surface area (Å²) in [5.74, 6) is 0.564. The van der Waals surface area contributed by atoms with Crippen LogP contribution in [0.5, 0.6) is 0 Å². The standard InChI is InChI=1S/C16H27NO/c1-5-14(4)18-12-15-7-9-16(10-8-15)13(3)11-17-6-2/h7-10,13-14,17H,5-6,11-12H2,1-4H3. The Labute approximate surface area is 112 Å². The summed E-state index contributed by atoms with van der Waals surface area (Å²) >= 11 is 0. The van der Waals surface area contributed by atoms with Gasteiger partial charge in [0.05, 0.1) is 12.7 Å². The van der Waals surface area contributed by atoms with Gasteiger partial charge in [-0.15, -0.1) is 0 Å². The maximum Gasteiger partial charge on any atom is 0.0720 e. The molecule has 0 aliphatic rings. The van der Waals surface area contributed by atoms with Crippen molar-refractivity contribution in [1.29, 1.82) is 0 Å². The highest BCUT2D eigenvalue weighted by Gasteiger charge is 2.05. The number of ether oxygens (including phenoxy) is 1. The van der Waals surface area contributed by atoms with Crippen LogP contribution < -0.4 is 5.32 Å². The van der Waals surface area contributed by atoms with Crippen LogP contribution in [0.2, 0.25) is 0 Å². The molecule has 0 radical (unpaired) electrons. The van der Waals surface area contributed by atoms with Gasteiger partial charge >= 0.3 is 0 Å². The minimum absolute atomic E-state index is 0.345. The summed E-state index contributed by atoms with van der Waals surface area (Å²) in [5.41, 5.74) is 2.65. The Kier molecular flexibility index (Phi) is 6.99. The van der Waals surface area contributed by atoms with E-state index in [1.165, 1.54) is 11.1 Å². The topological polar surface area (TPSA) is 21.3 Å². The van der Waals surface area contributed by atoms with Crippen molar-refractivity contribution in [2.24, 2.45) is 0 Å². The van der Waals surface area contributed by atoms with E-state index in [2.05, 4.69) is 57.3 Å². The molecule has 0 aromatic heterocycles. The van der Waals surface area contributed by atoms with E-state index < -0.39 is 0 Å². The number of likely N-dealkylation sites (N-methyl/N-ethyl adjacent to an activating group) is 1. The van der Waals surface area contributed by atoms with Gasteiger partial charge in [-0.25, -0.2) is 0 Å². The van der Waals surface area contributed by atoms with Crippen molar-refractivity contribution in [2.75, 3.05) is 13.1 Å². The van der Waals surface area contributed by atoms with E-state index >= 15 is 0 Å². The number of nitrogens with one attached hydrogen (secondary N) is 1. The molecule has 2 atom stereocenters. The van der Waals surface area contributed by atoms with Gasteiger partial charge in [-0.2, -0.15) is 0 Å². The van der Waals surface area contributed by atoms with Crippen molar-refractivity contribution in [1.82, 2.24) is 5.32 Å². The van der Waals surface area contributed by atoms with Crippen LogP contribution in [0, 0.1) is 0 Å². The molecular weight excluding hydrogens is 222 g/mol. The average Bonchev–Trinajstić information content (AvgIpc) is 2.42. The van der Waals surface area contributed by atoms with Gasteiger partial charge in [0.15, 0.2) is 0 Å². The number of rotatable bonds is 8. The number of hydrogen-bond donors (Lipinski definition) is 1. The molecule has 0 aliphatic carbocycles. The highest BCUT2D eigenvalue weighted by molar-refractivity contribution is 5.24. The fourth-order valence-electron chi connectivity index (χ4n) is 1.78. The normalized spacial score (nSPS) is 14.4. The Balaban J connectivity index is 2.46. The van der Waals surface area contributed by atoms with E-state index in [1.54, 1.807) is 0 Å². The minimum atomic E-state index is 0.345. The van der Waals surface area contributed by atoms with Crippen LogP contribution in [0.3, 0.4) is 0 Å². The van der Waals surface area contributed by atoms with Crippen LogP contribution in [0.4, 0.5) is 0 Å². The Morgan fingerprint density at radius 2 is 1.78 bits per heavy atom. The Morgan fingerprint density at radius 1 is 1.11 bits per heavy atom. The predicted octanol–water partition coefficient (Wildman–Crippen LogP) is 3.71. The van der Waals surface area contributed by atoms with E-state index in [0.717, 1.165) is 26.1 Å². The summed E-state index contributed by atoms with van der Waals surface area (Å²) < 4.78 is 5.73. The Morgan fingerprint density at radius 3 is 2.33 bits per heavy atom. The molecule has 102 valence electrons. The van der Waals surface area contributed by atoms with Gasteiger partial charge in [0.1, 0.15) is 0 Å². The first kappa shape index (κ1) is 15.2. The summed E-state index contributed by atoms with van der Waals surface area (Å²) in [7, 11) is 0. The van der Waals surface area contributed by atoms with Gasteiger partial charge in [0.25, 0.3) is 0 Å². The second kappa shape index (κ2) is 8.28. The first-order valence-electron chi connectivity index (χ1n) is 7.08. The van der Waals surface area contributed by atoms with E-state index in [0.29, 0.717) is 12.0 Å². The van der Waals surface area contributed by atoms with E-state index in [4.69, 9.17) is 4.74 Å². The summed E-state index contributed by atoms with van der Waals surface area (Å²) in [6.07, 6.45) is 1.41. The van der Waals surface area contributed by atoms with Crippen molar-refractivity contribution < 1.29 is 4.74 Å². The van der Waals surface area contributed by atoms with Crippen molar-refractivity contribution in [3.63, 3.8) is 0 Å². The molecule has 0 bridgehead atoms. The lowest BCUT2D eigenvalue weighted by atomic mass is 10.00. The monoisotopic (exact) mass is 249 g/mol. The van der Waals surface area contributed by atoms with Crippen LogP contribution in [-0.2, 0) is 11.3 Å². The molecule has 0 aliphatic heterocycles. The number of hydrogen-bond acceptors (Lipinski definition) is 2. The fourth-order valence-corrected chi connectivity index (χ4v) is 1.78. The zero-order valence-electron chi connectivity index (χ0n) is 12.2. The van der Waals surface area contributed by atoms with Gasteiger partial charge in [0.2, 0.25) is 0 Å². The highest BCUT2D eigenvalue weighted by atomic mass is 16.5. The van der Waals surface area contributed by atoms with Gasteiger partial charge in [0, 0.05) is 6.54 Å². The second-order valence-corrected chi connectivity index (χ2v) is 4.98. The van der Waals surface area contributed by atoms with Crippen molar-refractivity contribution in [3.8, 4) is 0 Å². The zero-order chi connectivity index (χ0) is 13.4. The van der Waals surface area contributed by atoms with Gasteiger partial charge in [-0.05, 0) is 36.9 Å². The summed E-state index contributed by atoms with van der Waals surface area (Å²) in [6.45, 7) is 11.5. The molecule has 0 fully saturated rings. The van der Waals surface area contributed by atoms with Gasteiger partial charge in [-0.1, -0.05) is 45.0 Å². The van der Waals surface area contributed by atoms with Crippen molar-refractivity contribution in [3.05, 3.63) is 35.4 Å². The van der Waals surface area contributed by atoms with Crippen LogP contribution >= 0.6 is 0 Å². The molecule has 1 aromatic carbocycles. The molecule has 2 unspecified atom stereocenters. The first-order valence-corrected chi connectivity index (χ1v) is 7.08. The summed E-state index contributed by atoms with van der Waals surface area (Å²) in [4.78, 5) is 0. The zero-order valence-corrected chi connectivity index (χ0v) is 12.2. The molecule has 2 heteroatoms. The Hall–Kier alpha value is -0.860. The third kappa shape index (κ3) is 5.19. The lowest BCUT2D eigenvalue weighted by Crippen LogP contribution is -2.19. The lowest BCUT2D eigenvalue weighted by molar-refractivity contribution is 0.0508. The first-order chi connectivity index (χ1) is 8.67. The largest absolute Gasteiger partial charge is 0.374 e. The van der Waals surface area contributed by atoms with E-state index in [-0.39, 0.29) is 0 Å². The molecule has 18 heavy (non-hydrogen) atoms. The van der Waals surface area contributed by atoms with Crippen LogP contribution in [0.15, 0.2) is 24.3 Å². The summed E-state index contributed by atoms with van der Waals surface area (Å²) in [6, 6.07) is 8.80. The molecular formula is C16H27NO. The molecule has 0 saturated carbocycles. The second-order valence-electron chi connectivity index (χ2n) is 4.98. The smallest absolute Gasteiger partial charge is 0.0720 e. The molecule has 1 rings (SSSR count). The molecule has 1 aromatic rings. The van der Waals surface area contributed by atoms with E-state index in [9.17, 15) is 0 Å². The molecule has 0 saturated heterocycles. The van der Waals surface area contributed by atoms with Crippen LogP contribution in [-0.4, -0.2) is 19.2 Å². The third-order valence-corrected chi connectivity index (χ3v) is 3.36.